The maximum atomic E-state index is 13.4. The fourth-order valence-corrected chi connectivity index (χ4v) is 2.85. The van der Waals surface area contributed by atoms with Crippen molar-refractivity contribution in [3.8, 4) is 11.3 Å². The molecule has 1 aromatic carbocycles. The summed E-state index contributed by atoms with van der Waals surface area (Å²) in [6.45, 7) is 5.49. The van der Waals surface area contributed by atoms with Gasteiger partial charge in [0.25, 0.3) is 5.91 Å². The van der Waals surface area contributed by atoms with E-state index in [2.05, 4.69) is 20.6 Å². The van der Waals surface area contributed by atoms with Gasteiger partial charge < -0.3 is 5.32 Å². The first kappa shape index (κ1) is 17.8. The first-order valence-electron chi connectivity index (χ1n) is 8.09. The number of aromatic amines is 1. The van der Waals surface area contributed by atoms with Crippen LogP contribution in [-0.4, -0.2) is 25.9 Å². The van der Waals surface area contributed by atoms with Gasteiger partial charge >= 0.3 is 0 Å². The average Bonchev–Trinajstić information content (AvgIpc) is 3.15. The Morgan fingerprint density at radius 1 is 1.23 bits per heavy atom. The summed E-state index contributed by atoms with van der Waals surface area (Å²) in [6.07, 6.45) is 0. The summed E-state index contributed by atoms with van der Waals surface area (Å²) in [6, 6.07) is 4.69. The van der Waals surface area contributed by atoms with Gasteiger partial charge in [-0.3, -0.25) is 14.6 Å². The minimum absolute atomic E-state index is 0.275. The number of benzene rings is 1. The molecule has 2 heterocycles. The molecule has 2 aromatic heterocycles. The van der Waals surface area contributed by atoms with Gasteiger partial charge in [0.15, 0.2) is 11.6 Å². The summed E-state index contributed by atoms with van der Waals surface area (Å²) in [5, 5.41) is 14.0. The molecule has 3 aromatic rings. The molecule has 0 aliphatic rings. The van der Waals surface area contributed by atoms with Gasteiger partial charge in [0, 0.05) is 18.3 Å². The maximum Gasteiger partial charge on any atom is 0.269 e. The quantitative estimate of drug-likeness (QED) is 0.751. The molecule has 2 N–H and O–H groups in total. The monoisotopic (exact) mass is 359 g/mol. The molecule has 0 aliphatic heterocycles. The molecule has 1 unspecified atom stereocenters. The van der Waals surface area contributed by atoms with Crippen LogP contribution in [0.15, 0.2) is 24.3 Å². The molecular formula is C18H19F2N5O. The number of hydrogen-bond acceptors (Lipinski definition) is 3. The normalized spacial score (nSPS) is 12.2. The van der Waals surface area contributed by atoms with Crippen LogP contribution in [0.5, 0.6) is 0 Å². The number of hydrogen-bond donors (Lipinski definition) is 2. The van der Waals surface area contributed by atoms with Crippen LogP contribution in [0.1, 0.15) is 40.4 Å². The topological polar surface area (TPSA) is 75.6 Å². The van der Waals surface area contributed by atoms with Crippen molar-refractivity contribution in [2.75, 3.05) is 0 Å². The summed E-state index contributed by atoms with van der Waals surface area (Å²) in [7, 11) is 1.84. The molecule has 0 bridgehead atoms. The van der Waals surface area contributed by atoms with Gasteiger partial charge in [-0.25, -0.2) is 8.78 Å². The van der Waals surface area contributed by atoms with Crippen molar-refractivity contribution >= 4 is 5.91 Å². The largest absolute Gasteiger partial charge is 0.344 e. The van der Waals surface area contributed by atoms with Gasteiger partial charge in [-0.2, -0.15) is 10.2 Å². The lowest BCUT2D eigenvalue weighted by Crippen LogP contribution is -2.27. The van der Waals surface area contributed by atoms with Crippen molar-refractivity contribution in [2.45, 2.75) is 26.8 Å². The van der Waals surface area contributed by atoms with Crippen molar-refractivity contribution in [3.05, 3.63) is 58.5 Å². The second kappa shape index (κ2) is 6.70. The van der Waals surface area contributed by atoms with Crippen LogP contribution < -0.4 is 5.32 Å². The van der Waals surface area contributed by atoms with Crippen molar-refractivity contribution in [1.82, 2.24) is 25.3 Å². The third-order valence-electron chi connectivity index (χ3n) is 4.38. The van der Waals surface area contributed by atoms with E-state index in [1.54, 1.807) is 17.7 Å². The molecule has 8 heteroatoms. The summed E-state index contributed by atoms with van der Waals surface area (Å²) in [5.41, 5.74) is 4.00. The van der Waals surface area contributed by atoms with Crippen molar-refractivity contribution in [1.29, 1.82) is 0 Å². The van der Waals surface area contributed by atoms with Gasteiger partial charge in [0.05, 0.1) is 17.4 Å². The summed E-state index contributed by atoms with van der Waals surface area (Å²) < 4.78 is 28.1. The number of carbonyl (C=O) groups excluding carboxylic acids is 1. The van der Waals surface area contributed by atoms with Gasteiger partial charge in [0.2, 0.25) is 0 Å². The van der Waals surface area contributed by atoms with Gasteiger partial charge in [-0.05, 0) is 44.5 Å². The Bertz CT molecular complexity index is 976. The predicted octanol–water partition coefficient (Wildman–Crippen LogP) is 3.20. The Morgan fingerprint density at radius 2 is 1.96 bits per heavy atom. The SMILES string of the molecule is Cc1nn(C)c(C)c1-c1cc(C(=O)NC(C)c2ccc(F)c(F)c2)[nH]n1. The van der Waals surface area contributed by atoms with Crippen LogP contribution in [0.25, 0.3) is 11.3 Å². The lowest BCUT2D eigenvalue weighted by atomic mass is 10.1. The second-order valence-corrected chi connectivity index (χ2v) is 6.20. The van der Waals surface area contributed by atoms with Crippen LogP contribution in [0.4, 0.5) is 8.78 Å². The van der Waals surface area contributed by atoms with Crippen LogP contribution in [-0.2, 0) is 7.05 Å². The van der Waals surface area contributed by atoms with Gasteiger partial charge in [0.1, 0.15) is 5.69 Å². The molecule has 136 valence electrons. The Labute approximate surface area is 149 Å². The molecule has 0 saturated carbocycles. The Hall–Kier alpha value is -3.03. The molecule has 1 amide bonds. The number of nitrogens with one attached hydrogen (secondary N) is 2. The van der Waals surface area contributed by atoms with Gasteiger partial charge in [-0.1, -0.05) is 6.07 Å². The number of H-pyrrole nitrogens is 1. The number of aromatic nitrogens is 4. The van der Waals surface area contributed by atoms with Crippen LogP contribution in [0.2, 0.25) is 0 Å². The molecule has 0 radical (unpaired) electrons. The van der Waals surface area contributed by atoms with Crippen LogP contribution in [0.3, 0.4) is 0 Å². The molecule has 6 nitrogen and oxygen atoms in total. The van der Waals surface area contributed by atoms with E-state index < -0.39 is 17.7 Å². The third-order valence-corrected chi connectivity index (χ3v) is 4.38. The first-order valence-corrected chi connectivity index (χ1v) is 8.09. The van der Waals surface area contributed by atoms with Crippen molar-refractivity contribution in [3.63, 3.8) is 0 Å². The number of rotatable bonds is 4. The first-order chi connectivity index (χ1) is 12.3. The molecule has 26 heavy (non-hydrogen) atoms. The summed E-state index contributed by atoms with van der Waals surface area (Å²) in [4.78, 5) is 12.4. The number of carbonyl (C=O) groups is 1. The lowest BCUT2D eigenvalue weighted by molar-refractivity contribution is 0.0934. The molecule has 1 atom stereocenters. The number of halogens is 2. The standard InChI is InChI=1S/C18H19F2N5O/c1-9(12-5-6-13(19)14(20)7-12)21-18(26)16-8-15(22-23-16)17-10(2)24-25(4)11(17)3/h5-9H,1-4H3,(H,21,26)(H,22,23). The van der Waals surface area contributed by atoms with E-state index in [1.807, 2.05) is 20.9 Å². The van der Waals surface area contributed by atoms with E-state index in [9.17, 15) is 13.6 Å². The van der Waals surface area contributed by atoms with E-state index in [-0.39, 0.29) is 11.6 Å². The highest BCUT2D eigenvalue weighted by molar-refractivity contribution is 5.93. The van der Waals surface area contributed by atoms with Crippen molar-refractivity contribution in [2.24, 2.45) is 7.05 Å². The van der Waals surface area contributed by atoms with E-state index in [0.717, 1.165) is 29.1 Å². The van der Waals surface area contributed by atoms with E-state index in [4.69, 9.17) is 0 Å². The zero-order valence-corrected chi connectivity index (χ0v) is 14.9. The predicted molar refractivity (Wildman–Crippen MR) is 92.5 cm³/mol. The Balaban J connectivity index is 1.78. The Morgan fingerprint density at radius 3 is 2.58 bits per heavy atom. The van der Waals surface area contributed by atoms with E-state index in [0.29, 0.717) is 11.3 Å². The summed E-state index contributed by atoms with van der Waals surface area (Å²) in [5.74, 6) is -2.26. The highest BCUT2D eigenvalue weighted by Crippen LogP contribution is 2.25. The average molecular weight is 359 g/mol. The lowest BCUT2D eigenvalue weighted by Gasteiger charge is -2.13. The fraction of sp³-hybridized carbons (Fsp3) is 0.278. The highest BCUT2D eigenvalue weighted by atomic mass is 19.2. The smallest absolute Gasteiger partial charge is 0.269 e. The number of nitrogens with zero attached hydrogens (tertiary/aromatic N) is 3. The zero-order valence-electron chi connectivity index (χ0n) is 14.9. The minimum Gasteiger partial charge on any atom is -0.344 e. The molecule has 0 saturated heterocycles. The van der Waals surface area contributed by atoms with Gasteiger partial charge in [-0.15, -0.1) is 0 Å². The minimum atomic E-state index is -0.949. The molecule has 0 fully saturated rings. The van der Waals surface area contributed by atoms with Crippen LogP contribution >= 0.6 is 0 Å². The third kappa shape index (κ3) is 3.22. The van der Waals surface area contributed by atoms with E-state index >= 15 is 0 Å². The van der Waals surface area contributed by atoms with Crippen molar-refractivity contribution < 1.29 is 13.6 Å². The summed E-state index contributed by atoms with van der Waals surface area (Å²) >= 11 is 0. The number of aryl methyl sites for hydroxylation is 2. The molecule has 0 spiro atoms. The zero-order chi connectivity index (χ0) is 19.0. The molecule has 0 aliphatic carbocycles. The molecular weight excluding hydrogens is 340 g/mol. The number of amides is 1. The highest BCUT2D eigenvalue weighted by Gasteiger charge is 2.19. The van der Waals surface area contributed by atoms with Crippen LogP contribution in [0, 0.1) is 25.5 Å². The Kier molecular flexibility index (Phi) is 4.58. The molecule has 3 rings (SSSR count). The second-order valence-electron chi connectivity index (χ2n) is 6.20. The fourth-order valence-electron chi connectivity index (χ4n) is 2.85. The van der Waals surface area contributed by atoms with E-state index in [1.165, 1.54) is 6.07 Å². The maximum absolute atomic E-state index is 13.4.